The smallest absolute Gasteiger partial charge is 0.322 e. The van der Waals surface area contributed by atoms with Gasteiger partial charge >= 0.3 is 11.9 Å². The molecule has 2 rings (SSSR count). The number of benzene rings is 1. The van der Waals surface area contributed by atoms with Gasteiger partial charge in [-0.25, -0.2) is 0 Å². The number of carbonyl (C=O) groups is 9. The van der Waals surface area contributed by atoms with E-state index in [9.17, 15) is 63.6 Å². The number of amides is 7. The van der Waals surface area contributed by atoms with E-state index in [0.717, 1.165) is 23.4 Å². The number of aromatic amines is 1. The number of hydrogen-bond donors (Lipinski definition) is 16. The molecule has 2 aromatic rings. The predicted octanol–water partition coefficient (Wildman–Crippen LogP) is -6.94. The number of fused-ring (bicyclic) bond motifs is 1. The zero-order valence-corrected chi connectivity index (χ0v) is 33.8. The van der Waals surface area contributed by atoms with Crippen LogP contribution < -0.4 is 54.4 Å². The van der Waals surface area contributed by atoms with Gasteiger partial charge in [-0.15, -0.1) is 0 Å². The Morgan fingerprint density at radius 1 is 0.710 bits per heavy atom. The van der Waals surface area contributed by atoms with Gasteiger partial charge in [0.2, 0.25) is 41.4 Å². The normalized spacial score (nSPS) is 14.8. The van der Waals surface area contributed by atoms with Crippen molar-refractivity contribution in [2.24, 2.45) is 22.2 Å². The van der Waals surface area contributed by atoms with Crippen molar-refractivity contribution in [1.29, 1.82) is 0 Å². The topological polar surface area (TPSA) is 445 Å². The third kappa shape index (κ3) is 16.6. The van der Waals surface area contributed by atoms with Crippen LogP contribution in [0.1, 0.15) is 38.7 Å². The molecular formula is C36H54N12O14. The Morgan fingerprint density at radius 2 is 1.27 bits per heavy atom. The molecule has 62 heavy (non-hydrogen) atoms. The molecule has 0 spiro atoms. The van der Waals surface area contributed by atoms with E-state index in [4.69, 9.17) is 22.3 Å². The number of H-pyrrole nitrogens is 1. The molecule has 0 fully saturated rings. The summed E-state index contributed by atoms with van der Waals surface area (Å²) in [6.45, 7) is -0.676. The molecule has 1 aromatic heterocycles. The molecule has 7 amide bonds. The summed E-state index contributed by atoms with van der Waals surface area (Å²) in [7, 11) is 0. The summed E-state index contributed by atoms with van der Waals surface area (Å²) in [6, 6.07) is -3.97. The first kappa shape index (κ1) is 51.2. The van der Waals surface area contributed by atoms with Crippen LogP contribution in [-0.2, 0) is 49.6 Å². The van der Waals surface area contributed by atoms with E-state index >= 15 is 0 Å². The maximum atomic E-state index is 13.5. The van der Waals surface area contributed by atoms with Gasteiger partial charge in [0, 0.05) is 23.6 Å². The lowest BCUT2D eigenvalue weighted by atomic mass is 10.0. The molecule has 0 aliphatic heterocycles. The van der Waals surface area contributed by atoms with Crippen molar-refractivity contribution in [3.8, 4) is 0 Å². The minimum Gasteiger partial charge on any atom is -0.481 e. The highest BCUT2D eigenvalue weighted by atomic mass is 16.4. The molecule has 0 radical (unpaired) electrons. The number of rotatable bonds is 26. The Labute approximate surface area is 353 Å². The molecule has 8 atom stereocenters. The van der Waals surface area contributed by atoms with Crippen molar-refractivity contribution >= 4 is 70.2 Å². The fourth-order valence-corrected chi connectivity index (χ4v) is 5.61. The van der Waals surface area contributed by atoms with Crippen LogP contribution in [0.4, 0.5) is 0 Å². The predicted molar refractivity (Wildman–Crippen MR) is 216 cm³/mol. The number of aromatic nitrogens is 1. The van der Waals surface area contributed by atoms with E-state index in [1.807, 2.05) is 34.9 Å². The number of carboxylic acids is 2. The van der Waals surface area contributed by atoms with E-state index < -0.39 is 128 Å². The van der Waals surface area contributed by atoms with Crippen molar-refractivity contribution in [1.82, 2.24) is 42.2 Å². The first-order valence-corrected chi connectivity index (χ1v) is 19.0. The van der Waals surface area contributed by atoms with E-state index in [2.05, 4.69) is 36.6 Å². The Balaban J connectivity index is 2.17. The van der Waals surface area contributed by atoms with Crippen molar-refractivity contribution in [3.05, 3.63) is 36.0 Å². The second-order valence-electron chi connectivity index (χ2n) is 13.9. The molecule has 1 aromatic carbocycles. The summed E-state index contributed by atoms with van der Waals surface area (Å²) in [6.07, 6.45) is -1.26. The standard InChI is InChI=1S/C36H54N12O14/c1-16(43-30(57)20(37)10-18-12-41-21-7-4-3-6-19(18)21)29(56)46-25(15-50)34(61)48-28(17(2)51)35(62)44-22(8-5-9-40-36(38)39)32(59)45-23(11-26(52)53)33(60)47-24(14-49)31(58)42-13-27(54)55/h3-4,6-7,12,16-17,20,22-25,28,41,49-51H,5,8-11,13-15,37H2,1-2H3,(H,42,58)(H,43,57)(H,44,62)(H,45,59)(H,46,56)(H,47,60)(H,48,61)(H,52,53)(H,54,55)(H4,38,39,40)/t16-,17+,20-,22-,23-,24-,25-,28-/m0/s1. The molecule has 0 saturated heterocycles. The average Bonchev–Trinajstić information content (AvgIpc) is 3.62. The molecule has 342 valence electrons. The van der Waals surface area contributed by atoms with Gasteiger partial charge in [-0.05, 0) is 44.7 Å². The second kappa shape index (κ2) is 25.0. The number of guanidine groups is 1. The number of aliphatic imine (C=N–C) groups is 1. The number of hydrogen-bond acceptors (Lipinski definition) is 14. The number of aliphatic hydroxyl groups excluding tert-OH is 3. The van der Waals surface area contributed by atoms with Crippen LogP contribution in [0.2, 0.25) is 0 Å². The maximum absolute atomic E-state index is 13.5. The molecule has 0 saturated carbocycles. The fourth-order valence-electron chi connectivity index (χ4n) is 5.61. The fraction of sp³-hybridized carbons (Fsp3) is 0.500. The number of para-hydroxylation sites is 1. The van der Waals surface area contributed by atoms with Gasteiger partial charge in [0.05, 0.1) is 31.8 Å². The quantitative estimate of drug-likeness (QED) is 0.0237. The number of nitrogens with two attached hydrogens (primary N) is 3. The van der Waals surface area contributed by atoms with Crippen molar-refractivity contribution in [2.75, 3.05) is 26.3 Å². The molecule has 0 bridgehead atoms. The number of aliphatic carboxylic acids is 2. The van der Waals surface area contributed by atoms with E-state index in [0.29, 0.717) is 0 Å². The molecule has 0 unspecified atom stereocenters. The Morgan fingerprint density at radius 3 is 1.87 bits per heavy atom. The molecule has 26 nitrogen and oxygen atoms in total. The first-order chi connectivity index (χ1) is 29.2. The SMILES string of the molecule is C[C@H](NC(=O)[C@@H](N)Cc1c[nH]c2ccccc12)C(=O)N[C@@H](CO)C(=O)N[C@H](C(=O)N[C@@H](CCCN=C(N)N)C(=O)N[C@@H](CC(=O)O)C(=O)N[C@@H](CO)C(=O)NCC(=O)O)[C@@H](C)O. The van der Waals surface area contributed by atoms with Crippen molar-refractivity contribution in [2.45, 2.75) is 87.9 Å². The highest BCUT2D eigenvalue weighted by Crippen LogP contribution is 2.19. The van der Waals surface area contributed by atoms with E-state index in [1.54, 1.807) is 6.20 Å². The number of aliphatic hydroxyl groups is 3. The number of nitrogens with zero attached hydrogens (tertiary/aromatic N) is 1. The zero-order chi connectivity index (χ0) is 46.7. The van der Waals surface area contributed by atoms with Gasteiger partial charge in [0.15, 0.2) is 5.96 Å². The number of carboxylic acid groups (broad SMARTS) is 2. The lowest BCUT2D eigenvalue weighted by molar-refractivity contribution is -0.142. The van der Waals surface area contributed by atoms with Gasteiger partial charge in [0.25, 0.3) is 0 Å². The third-order valence-corrected chi connectivity index (χ3v) is 8.90. The monoisotopic (exact) mass is 878 g/mol. The lowest BCUT2D eigenvalue weighted by Gasteiger charge is -2.27. The summed E-state index contributed by atoms with van der Waals surface area (Å²) in [5.41, 5.74) is 18.4. The highest BCUT2D eigenvalue weighted by Gasteiger charge is 2.35. The summed E-state index contributed by atoms with van der Waals surface area (Å²) in [4.78, 5) is 121. The van der Waals surface area contributed by atoms with Crippen molar-refractivity contribution < 1.29 is 68.7 Å². The number of nitrogens with one attached hydrogen (secondary N) is 8. The van der Waals surface area contributed by atoms with Crippen molar-refractivity contribution in [3.63, 3.8) is 0 Å². The second-order valence-corrected chi connectivity index (χ2v) is 13.9. The van der Waals surface area contributed by atoms with Gasteiger partial charge in [-0.1, -0.05) is 18.2 Å². The molecule has 26 heteroatoms. The van der Waals surface area contributed by atoms with Crippen LogP contribution in [0, 0.1) is 0 Å². The first-order valence-electron chi connectivity index (χ1n) is 19.0. The highest BCUT2D eigenvalue weighted by molar-refractivity contribution is 5.98. The summed E-state index contributed by atoms with van der Waals surface area (Å²) in [5.74, 6) is -11.0. The van der Waals surface area contributed by atoms with Crippen LogP contribution in [0.5, 0.6) is 0 Å². The summed E-state index contributed by atoms with van der Waals surface area (Å²) in [5, 5.41) is 64.2. The Kier molecular flexibility index (Phi) is 20.7. The minimum atomic E-state index is -1.94. The number of carbonyl (C=O) groups excluding carboxylic acids is 7. The molecule has 0 aliphatic carbocycles. The summed E-state index contributed by atoms with van der Waals surface area (Å²) < 4.78 is 0. The minimum absolute atomic E-state index is 0.0185. The zero-order valence-electron chi connectivity index (χ0n) is 33.8. The third-order valence-electron chi connectivity index (χ3n) is 8.90. The van der Waals surface area contributed by atoms with Crippen LogP contribution in [-0.4, -0.2) is 164 Å². The largest absolute Gasteiger partial charge is 0.481 e. The van der Waals surface area contributed by atoms with Crippen LogP contribution in [0.3, 0.4) is 0 Å². The Bertz CT molecular complexity index is 1950. The average molecular weight is 879 g/mol. The summed E-state index contributed by atoms with van der Waals surface area (Å²) >= 11 is 0. The molecule has 19 N–H and O–H groups in total. The van der Waals surface area contributed by atoms with Crippen LogP contribution >= 0.6 is 0 Å². The van der Waals surface area contributed by atoms with Gasteiger partial charge in [-0.3, -0.25) is 48.1 Å². The Hall–Kier alpha value is -6.90. The maximum Gasteiger partial charge on any atom is 0.322 e. The molecular weight excluding hydrogens is 824 g/mol. The van der Waals surface area contributed by atoms with Gasteiger partial charge < -0.3 is 84.9 Å². The van der Waals surface area contributed by atoms with E-state index in [-0.39, 0.29) is 31.8 Å². The van der Waals surface area contributed by atoms with E-state index in [1.165, 1.54) is 6.92 Å². The van der Waals surface area contributed by atoms with Gasteiger partial charge in [0.1, 0.15) is 42.8 Å². The molecule has 0 aliphatic rings. The lowest BCUT2D eigenvalue weighted by Crippen LogP contribution is -2.62. The van der Waals surface area contributed by atoms with Crippen LogP contribution in [0.25, 0.3) is 10.9 Å². The molecule has 1 heterocycles. The van der Waals surface area contributed by atoms with Gasteiger partial charge in [-0.2, -0.15) is 0 Å². The van der Waals surface area contributed by atoms with Crippen LogP contribution in [0.15, 0.2) is 35.5 Å².